The largest absolute Gasteiger partial charge is 0.394 e. The first-order valence-corrected chi connectivity index (χ1v) is 2.38. The molecule has 0 bridgehead atoms. The van der Waals surface area contributed by atoms with Gasteiger partial charge in [-0.3, -0.25) is 0 Å². The molecule has 2 atom stereocenters. The van der Waals surface area contributed by atoms with E-state index in [-0.39, 0.29) is 18.9 Å². The maximum Gasteiger partial charge on any atom is 0.150 e. The van der Waals surface area contributed by atoms with Crippen LogP contribution in [0.1, 0.15) is 0 Å². The third kappa shape index (κ3) is 1.04. The maximum absolute atomic E-state index is 8.28. The average molecular weight is 124 g/mol. The van der Waals surface area contributed by atoms with E-state index < -0.39 is 0 Å². The Morgan fingerprint density at radius 2 is 2.57 bits per heavy atom. The van der Waals surface area contributed by atoms with E-state index >= 15 is 0 Å². The molecule has 1 heterocycles. The van der Waals surface area contributed by atoms with Crippen molar-refractivity contribution in [3.8, 4) is 0 Å². The molecule has 2 unspecified atom stereocenters. The Morgan fingerprint density at radius 3 is 2.71 bits per heavy atom. The summed E-state index contributed by atoms with van der Waals surface area (Å²) in [5.41, 5.74) is 0. The van der Waals surface area contributed by atoms with Gasteiger partial charge in [0.1, 0.15) is 12.3 Å². The van der Waals surface area contributed by atoms with Crippen LogP contribution in [0.3, 0.4) is 0 Å². The van der Waals surface area contributed by atoms with Crippen molar-refractivity contribution in [3.63, 3.8) is 0 Å². The molecule has 4 heteroatoms. The Bertz CT molecular complexity index is 62.0. The molecule has 42 valence electrons. The zero-order valence-electron chi connectivity index (χ0n) is 3.60. The molecule has 0 amide bonds. The summed E-state index contributed by atoms with van der Waals surface area (Å²) in [6.07, 6.45) is -0.191. The number of ether oxygens (including phenoxy) is 1. The highest BCUT2D eigenvalue weighted by molar-refractivity contribution is 6.13. The van der Waals surface area contributed by atoms with Gasteiger partial charge in [0.05, 0.1) is 6.61 Å². The van der Waals surface area contributed by atoms with E-state index in [1.54, 1.807) is 0 Å². The summed E-state index contributed by atoms with van der Waals surface area (Å²) in [5, 5.41) is 8.28. The van der Waals surface area contributed by atoms with Crippen molar-refractivity contribution in [3.05, 3.63) is 0 Å². The van der Waals surface area contributed by atoms with Gasteiger partial charge in [0.25, 0.3) is 0 Å². The van der Waals surface area contributed by atoms with Gasteiger partial charge in [-0.2, -0.15) is 0 Å². The van der Waals surface area contributed by atoms with E-state index in [2.05, 4.69) is 4.84 Å². The summed E-state index contributed by atoms with van der Waals surface area (Å²) in [6.45, 7) is 0.0460. The molecule has 0 radical (unpaired) electrons. The molecule has 1 aliphatic heterocycles. The van der Waals surface area contributed by atoms with Gasteiger partial charge < -0.3 is 9.84 Å². The first-order valence-electron chi connectivity index (χ1n) is 2.01. The van der Waals surface area contributed by atoms with Gasteiger partial charge in [0.2, 0.25) is 0 Å². The molecule has 1 fully saturated rings. The second kappa shape index (κ2) is 1.96. The summed E-state index contributed by atoms with van der Waals surface area (Å²) in [6, 6.07) is 0. The first kappa shape index (κ1) is 5.31. The number of nitrogens with one attached hydrogen (secondary N) is 1. The van der Waals surface area contributed by atoms with Crippen LogP contribution in [0.5, 0.6) is 0 Å². The van der Waals surface area contributed by atoms with Gasteiger partial charge in [-0.1, -0.05) is 0 Å². The smallest absolute Gasteiger partial charge is 0.150 e. The van der Waals surface area contributed by atoms with Crippen LogP contribution >= 0.6 is 11.8 Å². The van der Waals surface area contributed by atoms with E-state index in [4.69, 9.17) is 21.6 Å². The first-order chi connectivity index (χ1) is 3.38. The topological polar surface area (TPSA) is 44.8 Å². The molecule has 0 spiro atoms. The molecule has 3 nitrogen and oxygen atoms in total. The molecule has 2 N–H and O–H groups in total. The predicted octanol–water partition coefficient (Wildman–Crippen LogP) is -0.553. The Hall–Kier alpha value is 0.170. The van der Waals surface area contributed by atoms with Crippen LogP contribution in [0.25, 0.3) is 0 Å². The third-order valence-corrected chi connectivity index (χ3v) is 1.09. The number of hydrogen-bond donors (Lipinski definition) is 2. The highest BCUT2D eigenvalue weighted by Gasteiger charge is 2.37. The van der Waals surface area contributed by atoms with Crippen LogP contribution in [0.15, 0.2) is 0 Å². The van der Waals surface area contributed by atoms with Gasteiger partial charge in [0.15, 0.2) is 0 Å². The molecule has 1 saturated heterocycles. The van der Waals surface area contributed by atoms with E-state index in [1.807, 2.05) is 0 Å². The molecule has 7 heavy (non-hydrogen) atoms. The predicted molar refractivity (Wildman–Crippen MR) is 24.7 cm³/mol. The van der Waals surface area contributed by atoms with Gasteiger partial charge >= 0.3 is 0 Å². The second-order valence-corrected chi connectivity index (χ2v) is 1.61. The fourth-order valence-corrected chi connectivity index (χ4v) is 0.570. The van der Waals surface area contributed by atoms with E-state index in [0.29, 0.717) is 0 Å². The Balaban J connectivity index is 2.06. The molecule has 0 aliphatic carbocycles. The number of epoxide rings is 1. The number of aliphatic hydroxyl groups is 1. The monoisotopic (exact) mass is 123 g/mol. The molecule has 0 aromatic carbocycles. The quantitative estimate of drug-likeness (QED) is 0.383. The molecular weight excluding hydrogens is 117 g/mol. The highest BCUT2D eigenvalue weighted by Crippen LogP contribution is 2.17. The standard InChI is InChI=1S/C3H6ClNO2/c4-5-3-2(1-6)7-3/h2-3,5-6H,1H2. The van der Waals surface area contributed by atoms with Crippen molar-refractivity contribution in [1.82, 2.24) is 4.84 Å². The minimum atomic E-state index is -0.119. The fraction of sp³-hybridized carbons (Fsp3) is 1.00. The Morgan fingerprint density at radius 1 is 1.86 bits per heavy atom. The van der Waals surface area contributed by atoms with Crippen LogP contribution < -0.4 is 4.84 Å². The summed E-state index contributed by atoms with van der Waals surface area (Å²) < 4.78 is 4.72. The molecule has 0 aromatic rings. The van der Waals surface area contributed by atoms with Crippen molar-refractivity contribution in [2.45, 2.75) is 12.3 Å². The second-order valence-electron chi connectivity index (χ2n) is 1.39. The minimum absolute atomic E-state index is 0.0460. The third-order valence-electron chi connectivity index (χ3n) is 0.870. The minimum Gasteiger partial charge on any atom is -0.394 e. The normalized spacial score (nSPS) is 38.6. The lowest BCUT2D eigenvalue weighted by Crippen LogP contribution is -2.09. The van der Waals surface area contributed by atoms with Gasteiger partial charge in [-0.15, -0.1) is 0 Å². The zero-order chi connectivity index (χ0) is 5.28. The van der Waals surface area contributed by atoms with E-state index in [9.17, 15) is 0 Å². The molecule has 1 aliphatic rings. The number of hydrogen-bond acceptors (Lipinski definition) is 3. The number of rotatable bonds is 2. The van der Waals surface area contributed by atoms with Gasteiger partial charge in [0, 0.05) is 0 Å². The summed E-state index contributed by atoms with van der Waals surface area (Å²) in [7, 11) is 0. The fourth-order valence-electron chi connectivity index (χ4n) is 0.378. The lowest BCUT2D eigenvalue weighted by atomic mass is 10.5. The molecular formula is C3H6ClNO2. The van der Waals surface area contributed by atoms with E-state index in [1.165, 1.54) is 0 Å². The Kier molecular flexibility index (Phi) is 1.49. The lowest BCUT2D eigenvalue weighted by molar-refractivity contribution is 0.241. The Labute approximate surface area is 46.3 Å². The number of halogens is 1. The maximum atomic E-state index is 8.28. The van der Waals surface area contributed by atoms with Crippen LogP contribution in [0.4, 0.5) is 0 Å². The van der Waals surface area contributed by atoms with Crippen molar-refractivity contribution >= 4 is 11.8 Å². The zero-order valence-corrected chi connectivity index (χ0v) is 4.35. The molecule has 0 aromatic heterocycles. The molecule has 0 saturated carbocycles. The van der Waals surface area contributed by atoms with Gasteiger partial charge in [-0.05, 0) is 11.8 Å². The van der Waals surface area contributed by atoms with Crippen molar-refractivity contribution in [2.75, 3.05) is 6.61 Å². The summed E-state index contributed by atoms with van der Waals surface area (Å²) in [5.74, 6) is 0. The van der Waals surface area contributed by atoms with Crippen molar-refractivity contribution < 1.29 is 9.84 Å². The van der Waals surface area contributed by atoms with Crippen LogP contribution in [0.2, 0.25) is 0 Å². The molecule has 1 rings (SSSR count). The average Bonchev–Trinajstić information content (AvgIpc) is 2.43. The summed E-state index contributed by atoms with van der Waals surface area (Å²) >= 11 is 5.09. The van der Waals surface area contributed by atoms with Crippen LogP contribution in [-0.4, -0.2) is 24.0 Å². The van der Waals surface area contributed by atoms with Crippen molar-refractivity contribution in [2.24, 2.45) is 0 Å². The summed E-state index contributed by atoms with van der Waals surface area (Å²) in [4.78, 5) is 2.33. The highest BCUT2D eigenvalue weighted by atomic mass is 35.5. The van der Waals surface area contributed by atoms with Crippen LogP contribution in [-0.2, 0) is 4.74 Å². The van der Waals surface area contributed by atoms with Gasteiger partial charge in [-0.25, -0.2) is 4.84 Å². The SMILES string of the molecule is OCC1OC1NCl. The van der Waals surface area contributed by atoms with Crippen LogP contribution in [0, 0.1) is 0 Å². The number of aliphatic hydroxyl groups excluding tert-OH is 1. The van der Waals surface area contributed by atoms with Crippen molar-refractivity contribution in [1.29, 1.82) is 0 Å². The lowest BCUT2D eigenvalue weighted by Gasteiger charge is -1.79. The van der Waals surface area contributed by atoms with E-state index in [0.717, 1.165) is 0 Å².